The van der Waals surface area contributed by atoms with Crippen molar-refractivity contribution >= 4 is 33.3 Å². The standard InChI is InChI=1S/C17H11ClN2/c18-12-8-9-16-15(10-12)17(20-19-16)14-7-3-5-11-4-1-2-6-13(11)14/h1-10H,(H,19,20). The van der Waals surface area contributed by atoms with Gasteiger partial charge in [0.15, 0.2) is 0 Å². The summed E-state index contributed by atoms with van der Waals surface area (Å²) in [6, 6.07) is 20.4. The molecule has 4 rings (SSSR count). The van der Waals surface area contributed by atoms with E-state index in [2.05, 4.69) is 40.5 Å². The first-order chi connectivity index (χ1) is 9.83. The van der Waals surface area contributed by atoms with Gasteiger partial charge < -0.3 is 0 Å². The van der Waals surface area contributed by atoms with Crippen molar-refractivity contribution in [3.05, 3.63) is 65.7 Å². The Labute approximate surface area is 121 Å². The predicted molar refractivity (Wildman–Crippen MR) is 84.0 cm³/mol. The molecule has 0 aliphatic rings. The molecule has 3 aromatic carbocycles. The molecule has 0 bridgehead atoms. The molecule has 20 heavy (non-hydrogen) atoms. The number of halogens is 1. The number of hydrogen-bond acceptors (Lipinski definition) is 1. The third-order valence-corrected chi connectivity index (χ3v) is 3.80. The lowest BCUT2D eigenvalue weighted by atomic mass is 10.0. The second-order valence-corrected chi connectivity index (χ2v) is 5.23. The molecule has 3 heteroatoms. The fraction of sp³-hybridized carbons (Fsp3) is 0. The molecule has 0 fully saturated rings. The maximum Gasteiger partial charge on any atom is 0.101 e. The van der Waals surface area contributed by atoms with Crippen molar-refractivity contribution in [2.45, 2.75) is 0 Å². The summed E-state index contributed by atoms with van der Waals surface area (Å²) in [4.78, 5) is 0. The second-order valence-electron chi connectivity index (χ2n) is 4.79. The van der Waals surface area contributed by atoms with E-state index in [1.807, 2.05) is 30.3 Å². The molecular weight excluding hydrogens is 268 g/mol. The number of nitrogens with one attached hydrogen (secondary N) is 1. The van der Waals surface area contributed by atoms with Crippen molar-refractivity contribution in [2.75, 3.05) is 0 Å². The zero-order valence-electron chi connectivity index (χ0n) is 10.6. The maximum absolute atomic E-state index is 6.11. The van der Waals surface area contributed by atoms with Crippen LogP contribution in [0.2, 0.25) is 5.02 Å². The molecular formula is C17H11ClN2. The Morgan fingerprint density at radius 3 is 2.65 bits per heavy atom. The van der Waals surface area contributed by atoms with Crippen LogP contribution >= 0.6 is 11.6 Å². The summed E-state index contributed by atoms with van der Waals surface area (Å²) in [5.74, 6) is 0. The predicted octanol–water partition coefficient (Wildman–Crippen LogP) is 5.04. The van der Waals surface area contributed by atoms with Gasteiger partial charge in [-0.2, -0.15) is 5.10 Å². The van der Waals surface area contributed by atoms with Gasteiger partial charge in [0, 0.05) is 16.0 Å². The Bertz CT molecular complexity index is 919. The van der Waals surface area contributed by atoms with Gasteiger partial charge in [0.25, 0.3) is 0 Å². The molecule has 0 saturated carbocycles. The summed E-state index contributed by atoms with van der Waals surface area (Å²) in [6.07, 6.45) is 0. The van der Waals surface area contributed by atoms with Crippen LogP contribution in [0.4, 0.5) is 0 Å². The number of H-pyrrole nitrogens is 1. The van der Waals surface area contributed by atoms with E-state index in [1.54, 1.807) is 0 Å². The molecule has 1 aromatic heterocycles. The van der Waals surface area contributed by atoms with Crippen LogP contribution < -0.4 is 0 Å². The molecule has 0 unspecified atom stereocenters. The van der Waals surface area contributed by atoms with E-state index in [1.165, 1.54) is 10.8 Å². The molecule has 1 heterocycles. The first-order valence-corrected chi connectivity index (χ1v) is 6.82. The monoisotopic (exact) mass is 278 g/mol. The van der Waals surface area contributed by atoms with Gasteiger partial charge >= 0.3 is 0 Å². The molecule has 0 aliphatic carbocycles. The third-order valence-electron chi connectivity index (χ3n) is 3.57. The first-order valence-electron chi connectivity index (χ1n) is 6.45. The highest BCUT2D eigenvalue weighted by molar-refractivity contribution is 6.31. The second kappa shape index (κ2) is 4.36. The quantitative estimate of drug-likeness (QED) is 0.519. The lowest BCUT2D eigenvalue weighted by Crippen LogP contribution is -1.82. The van der Waals surface area contributed by atoms with E-state index >= 15 is 0 Å². The molecule has 0 amide bonds. The molecule has 0 aliphatic heterocycles. The summed E-state index contributed by atoms with van der Waals surface area (Å²) in [6.45, 7) is 0. The van der Waals surface area contributed by atoms with Crippen LogP contribution in [0, 0.1) is 0 Å². The highest BCUT2D eigenvalue weighted by Gasteiger charge is 2.11. The van der Waals surface area contributed by atoms with Gasteiger partial charge in [-0.25, -0.2) is 0 Å². The average Bonchev–Trinajstić information content (AvgIpc) is 2.89. The lowest BCUT2D eigenvalue weighted by Gasteiger charge is -2.04. The van der Waals surface area contributed by atoms with Crippen molar-refractivity contribution in [2.24, 2.45) is 0 Å². The number of benzene rings is 3. The molecule has 0 radical (unpaired) electrons. The Kier molecular flexibility index (Phi) is 2.51. The summed E-state index contributed by atoms with van der Waals surface area (Å²) >= 11 is 6.11. The SMILES string of the molecule is Clc1ccc2[nH]nc(-c3cccc4ccccc34)c2c1. The van der Waals surface area contributed by atoms with Crippen molar-refractivity contribution in [1.29, 1.82) is 0 Å². The molecule has 0 atom stereocenters. The van der Waals surface area contributed by atoms with Crippen LogP contribution in [0.3, 0.4) is 0 Å². The minimum atomic E-state index is 0.723. The number of rotatable bonds is 1. The maximum atomic E-state index is 6.11. The van der Waals surface area contributed by atoms with Crippen LogP contribution in [-0.4, -0.2) is 10.2 Å². The molecule has 0 spiro atoms. The van der Waals surface area contributed by atoms with Crippen LogP contribution in [0.5, 0.6) is 0 Å². The molecule has 2 nitrogen and oxygen atoms in total. The molecule has 0 saturated heterocycles. The van der Waals surface area contributed by atoms with Gasteiger partial charge in [-0.1, -0.05) is 54.1 Å². The average molecular weight is 279 g/mol. The topological polar surface area (TPSA) is 28.7 Å². The molecule has 1 N–H and O–H groups in total. The zero-order chi connectivity index (χ0) is 13.5. The van der Waals surface area contributed by atoms with E-state index in [4.69, 9.17) is 11.6 Å². The van der Waals surface area contributed by atoms with Gasteiger partial charge in [-0.15, -0.1) is 0 Å². The lowest BCUT2D eigenvalue weighted by molar-refractivity contribution is 1.12. The minimum Gasteiger partial charge on any atom is -0.277 e. The van der Waals surface area contributed by atoms with E-state index in [0.717, 1.165) is 27.2 Å². The Balaban J connectivity index is 2.09. The van der Waals surface area contributed by atoms with Gasteiger partial charge in [0.05, 0.1) is 5.52 Å². The van der Waals surface area contributed by atoms with E-state index in [-0.39, 0.29) is 0 Å². The van der Waals surface area contributed by atoms with Gasteiger partial charge in [0.2, 0.25) is 0 Å². The van der Waals surface area contributed by atoms with Crippen molar-refractivity contribution < 1.29 is 0 Å². The molecule has 96 valence electrons. The number of aromatic amines is 1. The molecule has 4 aromatic rings. The summed E-state index contributed by atoms with van der Waals surface area (Å²) in [5.41, 5.74) is 3.06. The summed E-state index contributed by atoms with van der Waals surface area (Å²) in [5, 5.41) is 11.7. The van der Waals surface area contributed by atoms with Crippen molar-refractivity contribution in [3.8, 4) is 11.3 Å². The van der Waals surface area contributed by atoms with Crippen LogP contribution in [-0.2, 0) is 0 Å². The summed E-state index contributed by atoms with van der Waals surface area (Å²) < 4.78 is 0. The fourth-order valence-corrected chi connectivity index (χ4v) is 2.80. The Hall–Kier alpha value is -2.32. The van der Waals surface area contributed by atoms with Gasteiger partial charge in [-0.3, -0.25) is 5.10 Å². The zero-order valence-corrected chi connectivity index (χ0v) is 11.4. The smallest absolute Gasteiger partial charge is 0.101 e. The number of aromatic nitrogens is 2. The first kappa shape index (κ1) is 11.5. The highest BCUT2D eigenvalue weighted by Crippen LogP contribution is 2.33. The van der Waals surface area contributed by atoms with Crippen LogP contribution in [0.1, 0.15) is 0 Å². The largest absolute Gasteiger partial charge is 0.277 e. The number of fused-ring (bicyclic) bond motifs is 2. The Morgan fingerprint density at radius 2 is 1.70 bits per heavy atom. The normalized spacial score (nSPS) is 11.2. The Morgan fingerprint density at radius 1 is 0.850 bits per heavy atom. The number of hydrogen-bond donors (Lipinski definition) is 1. The number of nitrogens with zero attached hydrogens (tertiary/aromatic N) is 1. The highest BCUT2D eigenvalue weighted by atomic mass is 35.5. The van der Waals surface area contributed by atoms with Gasteiger partial charge in [-0.05, 0) is 29.0 Å². The third kappa shape index (κ3) is 1.69. The van der Waals surface area contributed by atoms with E-state index in [0.29, 0.717) is 0 Å². The van der Waals surface area contributed by atoms with Crippen molar-refractivity contribution in [3.63, 3.8) is 0 Å². The van der Waals surface area contributed by atoms with Crippen molar-refractivity contribution in [1.82, 2.24) is 10.2 Å². The fourth-order valence-electron chi connectivity index (χ4n) is 2.62. The van der Waals surface area contributed by atoms with Crippen LogP contribution in [0.25, 0.3) is 32.9 Å². The van der Waals surface area contributed by atoms with E-state index < -0.39 is 0 Å². The van der Waals surface area contributed by atoms with Gasteiger partial charge in [0.1, 0.15) is 5.69 Å². The van der Waals surface area contributed by atoms with E-state index in [9.17, 15) is 0 Å². The van der Waals surface area contributed by atoms with Crippen LogP contribution in [0.15, 0.2) is 60.7 Å². The summed E-state index contributed by atoms with van der Waals surface area (Å²) in [7, 11) is 0. The minimum absolute atomic E-state index is 0.723.